The Morgan fingerprint density at radius 3 is 2.76 bits per heavy atom. The molecule has 0 bridgehead atoms. The van der Waals surface area contributed by atoms with Gasteiger partial charge in [-0.25, -0.2) is 10.8 Å². The van der Waals surface area contributed by atoms with Gasteiger partial charge in [-0.05, 0) is 12.3 Å². The van der Waals surface area contributed by atoms with E-state index in [0.717, 1.165) is 12.8 Å². The molecule has 9 heteroatoms. The van der Waals surface area contributed by atoms with E-state index in [-0.39, 0.29) is 12.6 Å². The van der Waals surface area contributed by atoms with Gasteiger partial charge < -0.3 is 10.4 Å². The molecule has 0 saturated heterocycles. The number of nitrogens with zero attached hydrogens (tertiary/aromatic N) is 5. The van der Waals surface area contributed by atoms with Crippen LogP contribution in [-0.4, -0.2) is 42.8 Å². The topological polar surface area (TPSA) is 127 Å². The van der Waals surface area contributed by atoms with E-state index in [2.05, 4.69) is 37.6 Å². The summed E-state index contributed by atoms with van der Waals surface area (Å²) in [5.74, 6) is 6.86. The number of aliphatic hydroxyl groups excluding tert-OH is 1. The Morgan fingerprint density at radius 1 is 1.33 bits per heavy atom. The summed E-state index contributed by atoms with van der Waals surface area (Å²) in [6.45, 7) is 2.93. The summed E-state index contributed by atoms with van der Waals surface area (Å²) in [5.41, 5.74) is 2.42. The highest BCUT2D eigenvalue weighted by Gasteiger charge is 2.10. The van der Waals surface area contributed by atoms with Gasteiger partial charge in [0, 0.05) is 25.5 Å². The zero-order valence-electron chi connectivity index (χ0n) is 11.9. The summed E-state index contributed by atoms with van der Waals surface area (Å²) in [5, 5.41) is 12.2. The number of nitrogen functional groups attached to an aromatic ring is 1. The van der Waals surface area contributed by atoms with E-state index in [1.807, 2.05) is 0 Å². The first kappa shape index (κ1) is 15.1. The minimum atomic E-state index is 0.174. The van der Waals surface area contributed by atoms with Crippen LogP contribution in [0.15, 0.2) is 18.7 Å². The standard InChI is InChI=1S/C12H20N8O/c1-2-9(3-6-21)7-15-10-16-11(19-13)18-12(17-10)20-5-4-14-8-20/h4-5,8-9,21H,2-3,6-7,13H2,1H3,(H2,15,16,17,18,19). The van der Waals surface area contributed by atoms with Gasteiger partial charge in [-0.3, -0.25) is 9.99 Å². The number of rotatable bonds is 8. The molecular formula is C12H20N8O. The van der Waals surface area contributed by atoms with Crippen LogP contribution < -0.4 is 16.6 Å². The monoisotopic (exact) mass is 292 g/mol. The van der Waals surface area contributed by atoms with Crippen LogP contribution in [0.1, 0.15) is 19.8 Å². The Bertz CT molecular complexity index is 544. The Hall–Kier alpha value is -2.26. The van der Waals surface area contributed by atoms with Crippen LogP contribution in [0.2, 0.25) is 0 Å². The second-order valence-corrected chi connectivity index (χ2v) is 4.56. The van der Waals surface area contributed by atoms with Crippen molar-refractivity contribution in [3.63, 3.8) is 0 Å². The molecular weight excluding hydrogens is 272 g/mol. The highest BCUT2D eigenvalue weighted by atomic mass is 16.3. The van der Waals surface area contributed by atoms with Crippen LogP contribution in [0, 0.1) is 5.92 Å². The molecule has 2 rings (SSSR count). The number of anilines is 2. The van der Waals surface area contributed by atoms with Gasteiger partial charge in [0.1, 0.15) is 6.33 Å². The number of imidazole rings is 1. The van der Waals surface area contributed by atoms with Gasteiger partial charge in [0.05, 0.1) is 0 Å². The number of nitrogens with two attached hydrogens (primary N) is 1. The van der Waals surface area contributed by atoms with Crippen LogP contribution in [0.4, 0.5) is 11.9 Å². The number of aromatic nitrogens is 5. The van der Waals surface area contributed by atoms with Crippen molar-refractivity contribution in [1.29, 1.82) is 0 Å². The average molecular weight is 292 g/mol. The summed E-state index contributed by atoms with van der Waals surface area (Å²) < 4.78 is 1.67. The summed E-state index contributed by atoms with van der Waals surface area (Å²) in [4.78, 5) is 16.6. The molecule has 1 unspecified atom stereocenters. The normalized spacial score (nSPS) is 12.1. The molecule has 0 amide bonds. The van der Waals surface area contributed by atoms with E-state index < -0.39 is 0 Å². The molecule has 1 atom stereocenters. The number of hydrazine groups is 1. The lowest BCUT2D eigenvalue weighted by molar-refractivity contribution is 0.258. The van der Waals surface area contributed by atoms with Crippen molar-refractivity contribution >= 4 is 11.9 Å². The van der Waals surface area contributed by atoms with Crippen molar-refractivity contribution in [3.8, 4) is 5.95 Å². The largest absolute Gasteiger partial charge is 0.396 e. The van der Waals surface area contributed by atoms with Gasteiger partial charge in [0.2, 0.25) is 17.8 Å². The van der Waals surface area contributed by atoms with Gasteiger partial charge in [-0.2, -0.15) is 15.0 Å². The Labute approximate surface area is 122 Å². The molecule has 2 aromatic heterocycles. The van der Waals surface area contributed by atoms with Crippen LogP contribution >= 0.6 is 0 Å². The second kappa shape index (κ2) is 7.50. The Balaban J connectivity index is 2.13. The first-order chi connectivity index (χ1) is 10.3. The van der Waals surface area contributed by atoms with E-state index in [9.17, 15) is 0 Å². The van der Waals surface area contributed by atoms with E-state index >= 15 is 0 Å². The average Bonchev–Trinajstić information content (AvgIpc) is 3.05. The lowest BCUT2D eigenvalue weighted by Crippen LogP contribution is -2.19. The van der Waals surface area contributed by atoms with Crippen molar-refractivity contribution in [3.05, 3.63) is 18.7 Å². The number of nitrogens with one attached hydrogen (secondary N) is 2. The highest BCUT2D eigenvalue weighted by molar-refractivity contribution is 5.37. The van der Waals surface area contributed by atoms with Crippen LogP contribution in [0.3, 0.4) is 0 Å². The third kappa shape index (κ3) is 4.10. The molecule has 0 fully saturated rings. The van der Waals surface area contributed by atoms with Crippen LogP contribution in [-0.2, 0) is 0 Å². The van der Waals surface area contributed by atoms with Gasteiger partial charge >= 0.3 is 0 Å². The molecule has 0 aliphatic rings. The second-order valence-electron chi connectivity index (χ2n) is 4.56. The predicted molar refractivity (Wildman–Crippen MR) is 78.7 cm³/mol. The van der Waals surface area contributed by atoms with Crippen LogP contribution in [0.25, 0.3) is 5.95 Å². The SMILES string of the molecule is CCC(CCO)CNc1nc(NN)nc(-n2ccnc2)n1. The zero-order valence-corrected chi connectivity index (χ0v) is 11.9. The lowest BCUT2D eigenvalue weighted by Gasteiger charge is -2.15. The first-order valence-corrected chi connectivity index (χ1v) is 6.82. The fourth-order valence-electron chi connectivity index (χ4n) is 1.87. The van der Waals surface area contributed by atoms with Crippen molar-refractivity contribution in [2.24, 2.45) is 11.8 Å². The quantitative estimate of drug-likeness (QED) is 0.400. The van der Waals surface area contributed by atoms with Crippen molar-refractivity contribution in [1.82, 2.24) is 24.5 Å². The number of aliphatic hydroxyl groups is 1. The summed E-state index contributed by atoms with van der Waals surface area (Å²) in [6, 6.07) is 0. The number of hydrogen-bond donors (Lipinski definition) is 4. The van der Waals surface area contributed by atoms with Gasteiger partial charge in [0.15, 0.2) is 0 Å². The Kier molecular flexibility index (Phi) is 5.41. The Morgan fingerprint density at radius 2 is 2.14 bits per heavy atom. The maximum Gasteiger partial charge on any atom is 0.243 e. The maximum atomic E-state index is 9.01. The lowest BCUT2D eigenvalue weighted by atomic mass is 10.0. The minimum Gasteiger partial charge on any atom is -0.396 e. The molecule has 0 aliphatic carbocycles. The third-order valence-corrected chi connectivity index (χ3v) is 3.15. The van der Waals surface area contributed by atoms with E-state index in [1.54, 1.807) is 23.3 Å². The smallest absolute Gasteiger partial charge is 0.243 e. The van der Waals surface area contributed by atoms with Crippen molar-refractivity contribution in [2.75, 3.05) is 23.9 Å². The molecule has 2 heterocycles. The molecule has 9 nitrogen and oxygen atoms in total. The molecule has 21 heavy (non-hydrogen) atoms. The molecule has 0 aliphatic heterocycles. The molecule has 2 aromatic rings. The van der Waals surface area contributed by atoms with Crippen molar-refractivity contribution in [2.45, 2.75) is 19.8 Å². The summed E-state index contributed by atoms with van der Waals surface area (Å²) in [7, 11) is 0. The van der Waals surface area contributed by atoms with Gasteiger partial charge in [-0.15, -0.1) is 0 Å². The molecule has 0 aromatic carbocycles. The van der Waals surface area contributed by atoms with E-state index in [4.69, 9.17) is 10.9 Å². The summed E-state index contributed by atoms with van der Waals surface area (Å²) in [6.07, 6.45) is 6.68. The zero-order chi connectivity index (χ0) is 15.1. The molecule has 0 saturated carbocycles. The van der Waals surface area contributed by atoms with Crippen LogP contribution in [0.5, 0.6) is 0 Å². The molecule has 114 valence electrons. The molecule has 0 spiro atoms. The predicted octanol–water partition coefficient (Wildman–Crippen LogP) is 0.163. The fraction of sp³-hybridized carbons (Fsp3) is 0.500. The fourth-order valence-corrected chi connectivity index (χ4v) is 1.87. The van der Waals surface area contributed by atoms with Gasteiger partial charge in [-0.1, -0.05) is 13.3 Å². The first-order valence-electron chi connectivity index (χ1n) is 6.82. The highest BCUT2D eigenvalue weighted by Crippen LogP contribution is 2.11. The minimum absolute atomic E-state index is 0.174. The van der Waals surface area contributed by atoms with E-state index in [0.29, 0.717) is 24.4 Å². The summed E-state index contributed by atoms with van der Waals surface area (Å²) >= 11 is 0. The van der Waals surface area contributed by atoms with E-state index in [1.165, 1.54) is 0 Å². The number of hydrogen-bond acceptors (Lipinski definition) is 8. The maximum absolute atomic E-state index is 9.01. The van der Waals surface area contributed by atoms with Crippen molar-refractivity contribution < 1.29 is 5.11 Å². The molecule has 5 N–H and O–H groups in total. The molecule has 0 radical (unpaired) electrons. The van der Waals surface area contributed by atoms with Gasteiger partial charge in [0.25, 0.3) is 0 Å². The third-order valence-electron chi connectivity index (χ3n) is 3.15.